The quantitative estimate of drug-likeness (QED) is 0.767. The third-order valence-corrected chi connectivity index (χ3v) is 1.77. The van der Waals surface area contributed by atoms with Gasteiger partial charge in [-0.25, -0.2) is 4.79 Å². The van der Waals surface area contributed by atoms with E-state index in [1.54, 1.807) is 12.1 Å². The van der Waals surface area contributed by atoms with Crippen molar-refractivity contribution in [3.05, 3.63) is 47.0 Å². The van der Waals surface area contributed by atoms with E-state index in [4.69, 9.17) is 10.5 Å². The van der Waals surface area contributed by atoms with Crippen LogP contribution in [0.2, 0.25) is 0 Å². The van der Waals surface area contributed by atoms with Gasteiger partial charge in [-0.15, -0.1) is 0 Å². The van der Waals surface area contributed by atoms with E-state index in [1.807, 2.05) is 18.2 Å². The minimum atomic E-state index is -0.491. The molecule has 2 rings (SSSR count). The van der Waals surface area contributed by atoms with Crippen molar-refractivity contribution in [2.24, 2.45) is 0 Å². The number of H-pyrrole nitrogens is 1. The lowest BCUT2D eigenvalue weighted by molar-refractivity contribution is 0.462. The summed E-state index contributed by atoms with van der Waals surface area (Å²) in [5.74, 6) is 0.812. The molecule has 0 fully saturated rings. The summed E-state index contributed by atoms with van der Waals surface area (Å²) in [5, 5.41) is 0. The minimum Gasteiger partial charge on any atom is -0.439 e. The summed E-state index contributed by atoms with van der Waals surface area (Å²) in [6, 6.07) is 9.04. The first kappa shape index (κ1) is 9.26. The highest BCUT2D eigenvalue weighted by molar-refractivity contribution is 5.46. The molecule has 1 aromatic heterocycles. The van der Waals surface area contributed by atoms with Crippen molar-refractivity contribution >= 4 is 5.69 Å². The van der Waals surface area contributed by atoms with E-state index in [0.717, 1.165) is 0 Å². The molecule has 0 saturated carbocycles. The summed E-state index contributed by atoms with van der Waals surface area (Å²) < 4.78 is 5.37. The van der Waals surface area contributed by atoms with Gasteiger partial charge in [0.2, 0.25) is 5.88 Å². The van der Waals surface area contributed by atoms with Gasteiger partial charge in [-0.1, -0.05) is 18.2 Å². The lowest BCUT2D eigenvalue weighted by Crippen LogP contribution is -2.11. The topological polar surface area (TPSA) is 81.0 Å². The standard InChI is InChI=1S/C10H9N3O2/c11-8-6-12-10(14)13-9(8)15-7-4-2-1-3-5-7/h1-6H,11H2,(H,12,13,14). The summed E-state index contributed by atoms with van der Waals surface area (Å²) in [7, 11) is 0. The van der Waals surface area contributed by atoms with Gasteiger partial charge in [0.15, 0.2) is 0 Å². The molecule has 0 unspecified atom stereocenters. The second-order valence-corrected chi connectivity index (χ2v) is 2.89. The number of hydrogen-bond donors (Lipinski definition) is 2. The smallest absolute Gasteiger partial charge is 0.347 e. The lowest BCUT2D eigenvalue weighted by Gasteiger charge is -2.06. The van der Waals surface area contributed by atoms with E-state index in [9.17, 15) is 4.79 Å². The van der Waals surface area contributed by atoms with Gasteiger partial charge in [-0.3, -0.25) is 4.98 Å². The zero-order valence-corrected chi connectivity index (χ0v) is 7.81. The normalized spacial score (nSPS) is 9.87. The Kier molecular flexibility index (Phi) is 2.37. The summed E-state index contributed by atoms with van der Waals surface area (Å²) in [4.78, 5) is 16.8. The number of ether oxygens (including phenoxy) is 1. The minimum absolute atomic E-state index is 0.209. The number of para-hydroxylation sites is 1. The first-order valence-electron chi connectivity index (χ1n) is 4.33. The van der Waals surface area contributed by atoms with Crippen LogP contribution in [0.15, 0.2) is 41.3 Å². The molecule has 0 aliphatic heterocycles. The predicted octanol–water partition coefficient (Wildman–Crippen LogP) is 1.14. The van der Waals surface area contributed by atoms with Crippen LogP contribution in [0.1, 0.15) is 0 Å². The van der Waals surface area contributed by atoms with Gasteiger partial charge in [0.1, 0.15) is 11.4 Å². The first-order chi connectivity index (χ1) is 7.25. The molecule has 0 saturated heterocycles. The summed E-state index contributed by atoms with van der Waals surface area (Å²) >= 11 is 0. The van der Waals surface area contributed by atoms with Crippen LogP contribution in [-0.2, 0) is 0 Å². The number of benzene rings is 1. The van der Waals surface area contributed by atoms with Crippen LogP contribution in [0, 0.1) is 0 Å². The molecule has 0 radical (unpaired) electrons. The fourth-order valence-electron chi connectivity index (χ4n) is 1.08. The molecule has 76 valence electrons. The van der Waals surface area contributed by atoms with Gasteiger partial charge in [0.05, 0.1) is 6.20 Å². The molecule has 1 heterocycles. The van der Waals surface area contributed by atoms with Crippen molar-refractivity contribution in [1.29, 1.82) is 0 Å². The summed E-state index contributed by atoms with van der Waals surface area (Å²) in [5.41, 5.74) is 5.38. The Bertz CT molecular complexity index is 508. The Hall–Kier alpha value is -2.30. The number of nitrogens with zero attached hydrogens (tertiary/aromatic N) is 1. The maximum absolute atomic E-state index is 10.9. The van der Waals surface area contributed by atoms with Crippen LogP contribution in [0.3, 0.4) is 0 Å². The highest BCUT2D eigenvalue weighted by Gasteiger charge is 2.02. The maximum atomic E-state index is 10.9. The number of nitrogens with one attached hydrogen (secondary N) is 1. The van der Waals surface area contributed by atoms with E-state index in [1.165, 1.54) is 6.20 Å². The second kappa shape index (κ2) is 3.83. The predicted molar refractivity (Wildman–Crippen MR) is 55.8 cm³/mol. The number of hydrogen-bond acceptors (Lipinski definition) is 4. The van der Waals surface area contributed by atoms with Gasteiger partial charge in [-0.2, -0.15) is 4.98 Å². The molecule has 1 aromatic carbocycles. The zero-order valence-electron chi connectivity index (χ0n) is 7.81. The van der Waals surface area contributed by atoms with Gasteiger partial charge in [0, 0.05) is 0 Å². The number of nitrogens with two attached hydrogens (primary N) is 1. The monoisotopic (exact) mass is 203 g/mol. The molecule has 3 N–H and O–H groups in total. The van der Waals surface area contributed by atoms with Gasteiger partial charge < -0.3 is 10.5 Å². The van der Waals surface area contributed by atoms with Crippen molar-refractivity contribution in [2.45, 2.75) is 0 Å². The molecule has 0 atom stereocenters. The molecule has 5 nitrogen and oxygen atoms in total. The Morgan fingerprint density at radius 3 is 2.73 bits per heavy atom. The van der Waals surface area contributed by atoms with Crippen molar-refractivity contribution in [2.75, 3.05) is 5.73 Å². The van der Waals surface area contributed by atoms with Crippen molar-refractivity contribution in [3.63, 3.8) is 0 Å². The largest absolute Gasteiger partial charge is 0.439 e. The Morgan fingerprint density at radius 2 is 2.00 bits per heavy atom. The molecule has 0 spiro atoms. The number of aromatic amines is 1. The average molecular weight is 203 g/mol. The van der Waals surface area contributed by atoms with E-state index in [2.05, 4.69) is 9.97 Å². The Morgan fingerprint density at radius 1 is 1.27 bits per heavy atom. The van der Waals surface area contributed by atoms with Crippen LogP contribution in [0.4, 0.5) is 5.69 Å². The zero-order chi connectivity index (χ0) is 10.7. The van der Waals surface area contributed by atoms with Gasteiger partial charge in [0.25, 0.3) is 0 Å². The third-order valence-electron chi connectivity index (χ3n) is 1.77. The number of anilines is 1. The van der Waals surface area contributed by atoms with Crippen LogP contribution in [0.25, 0.3) is 0 Å². The van der Waals surface area contributed by atoms with Gasteiger partial charge >= 0.3 is 5.69 Å². The first-order valence-corrected chi connectivity index (χ1v) is 4.33. The van der Waals surface area contributed by atoms with Crippen LogP contribution < -0.4 is 16.2 Å². The fourth-order valence-corrected chi connectivity index (χ4v) is 1.08. The molecular formula is C10H9N3O2. The van der Waals surface area contributed by atoms with Crippen LogP contribution >= 0.6 is 0 Å². The fraction of sp³-hybridized carbons (Fsp3) is 0. The SMILES string of the molecule is Nc1cnc(=O)[nH]c1Oc1ccccc1. The van der Waals surface area contributed by atoms with Crippen molar-refractivity contribution in [3.8, 4) is 11.6 Å². The van der Waals surface area contributed by atoms with Gasteiger partial charge in [-0.05, 0) is 12.1 Å². The van der Waals surface area contributed by atoms with Crippen LogP contribution in [0.5, 0.6) is 11.6 Å². The summed E-state index contributed by atoms with van der Waals surface area (Å²) in [6.45, 7) is 0. The highest BCUT2D eigenvalue weighted by atomic mass is 16.5. The highest BCUT2D eigenvalue weighted by Crippen LogP contribution is 2.21. The van der Waals surface area contributed by atoms with E-state index >= 15 is 0 Å². The number of aromatic nitrogens is 2. The summed E-state index contributed by atoms with van der Waals surface area (Å²) in [6.07, 6.45) is 1.26. The molecule has 5 heteroatoms. The lowest BCUT2D eigenvalue weighted by atomic mass is 10.3. The van der Waals surface area contributed by atoms with Crippen molar-refractivity contribution < 1.29 is 4.74 Å². The molecule has 0 bridgehead atoms. The molecular weight excluding hydrogens is 194 g/mol. The number of rotatable bonds is 2. The van der Waals surface area contributed by atoms with E-state index in [-0.39, 0.29) is 5.88 Å². The van der Waals surface area contributed by atoms with E-state index in [0.29, 0.717) is 11.4 Å². The third kappa shape index (κ3) is 2.14. The average Bonchev–Trinajstić information content (AvgIpc) is 2.25. The molecule has 0 aliphatic carbocycles. The Balaban J connectivity index is 2.32. The van der Waals surface area contributed by atoms with Crippen LogP contribution in [-0.4, -0.2) is 9.97 Å². The molecule has 0 amide bonds. The Labute approximate surface area is 85.5 Å². The second-order valence-electron chi connectivity index (χ2n) is 2.89. The molecule has 2 aromatic rings. The molecule has 15 heavy (non-hydrogen) atoms. The maximum Gasteiger partial charge on any atom is 0.347 e. The van der Waals surface area contributed by atoms with E-state index < -0.39 is 5.69 Å². The number of nitrogen functional groups attached to an aromatic ring is 1. The van der Waals surface area contributed by atoms with Crippen molar-refractivity contribution in [1.82, 2.24) is 9.97 Å². The molecule has 0 aliphatic rings.